The number of nitrogens with two attached hydrogens (primary N) is 1. The van der Waals surface area contributed by atoms with Crippen molar-refractivity contribution >= 4 is 18.3 Å². The third-order valence-corrected chi connectivity index (χ3v) is 5.46. The number of carbonyl (C=O) groups excluding carboxylic acids is 1. The summed E-state index contributed by atoms with van der Waals surface area (Å²) in [5.41, 5.74) is 8.28. The Morgan fingerprint density at radius 2 is 1.79 bits per heavy atom. The Morgan fingerprint density at radius 3 is 2.41 bits per heavy atom. The van der Waals surface area contributed by atoms with Crippen molar-refractivity contribution in [3.63, 3.8) is 0 Å². The van der Waals surface area contributed by atoms with E-state index >= 15 is 0 Å². The lowest BCUT2D eigenvalue weighted by Crippen LogP contribution is -2.49. The molecule has 2 aromatic rings. The number of rotatable bonds is 8. The van der Waals surface area contributed by atoms with Crippen LogP contribution in [-0.2, 0) is 21.4 Å². The lowest BCUT2D eigenvalue weighted by atomic mass is 9.74. The molecule has 0 aromatic heterocycles. The molecule has 0 unspecified atom stereocenters. The van der Waals surface area contributed by atoms with E-state index in [1.807, 2.05) is 49.4 Å². The average Bonchev–Trinajstić information content (AvgIpc) is 2.74. The first-order valence-electron chi connectivity index (χ1n) is 10.0. The second-order valence-corrected chi connectivity index (χ2v) is 7.36. The van der Waals surface area contributed by atoms with Gasteiger partial charge in [0.15, 0.2) is 0 Å². The highest BCUT2D eigenvalue weighted by Crippen LogP contribution is 2.35. The Morgan fingerprint density at radius 1 is 1.14 bits per heavy atom. The molecule has 6 heteroatoms. The second kappa shape index (κ2) is 11.2. The van der Waals surface area contributed by atoms with Gasteiger partial charge in [0.25, 0.3) is 0 Å². The molecule has 0 bridgehead atoms. The molecule has 0 aliphatic carbocycles. The number of halogens is 1. The highest BCUT2D eigenvalue weighted by Gasteiger charge is 2.35. The lowest BCUT2D eigenvalue weighted by Gasteiger charge is -2.38. The summed E-state index contributed by atoms with van der Waals surface area (Å²) < 4.78 is 11.1. The second-order valence-electron chi connectivity index (χ2n) is 7.36. The van der Waals surface area contributed by atoms with Crippen LogP contribution in [0.15, 0.2) is 54.6 Å². The van der Waals surface area contributed by atoms with Crippen LogP contribution in [-0.4, -0.2) is 38.3 Å². The van der Waals surface area contributed by atoms with Crippen LogP contribution in [0.4, 0.5) is 0 Å². The number of carbonyl (C=O) groups is 1. The quantitative estimate of drug-likeness (QED) is 0.690. The van der Waals surface area contributed by atoms with Crippen molar-refractivity contribution in [2.45, 2.75) is 37.6 Å². The first-order chi connectivity index (χ1) is 13.6. The molecule has 1 heterocycles. The molecule has 5 nitrogen and oxygen atoms in total. The molecule has 1 amide bonds. The summed E-state index contributed by atoms with van der Waals surface area (Å²) in [6, 6.07) is 17.5. The molecule has 0 radical (unpaired) electrons. The summed E-state index contributed by atoms with van der Waals surface area (Å²) in [5.74, 6) is 0.753. The average molecular weight is 419 g/mol. The molecule has 3 rings (SSSR count). The molecule has 0 saturated carbocycles. The van der Waals surface area contributed by atoms with Crippen LogP contribution in [0.25, 0.3) is 0 Å². The van der Waals surface area contributed by atoms with E-state index in [1.54, 1.807) is 0 Å². The van der Waals surface area contributed by atoms with Gasteiger partial charge in [-0.05, 0) is 49.4 Å². The summed E-state index contributed by atoms with van der Waals surface area (Å²) in [6.07, 6.45) is 2.27. The zero-order valence-corrected chi connectivity index (χ0v) is 17.8. The van der Waals surface area contributed by atoms with Gasteiger partial charge in [-0.25, -0.2) is 0 Å². The van der Waals surface area contributed by atoms with Gasteiger partial charge in [-0.3, -0.25) is 4.79 Å². The van der Waals surface area contributed by atoms with Crippen LogP contribution >= 0.6 is 12.4 Å². The first kappa shape index (κ1) is 23.2. The number of nitrogens with one attached hydrogen (secondary N) is 1. The van der Waals surface area contributed by atoms with Crippen LogP contribution in [0.1, 0.15) is 30.9 Å². The molecule has 1 saturated heterocycles. The maximum absolute atomic E-state index is 12.6. The Labute approximate surface area is 179 Å². The van der Waals surface area contributed by atoms with E-state index in [4.69, 9.17) is 15.2 Å². The highest BCUT2D eigenvalue weighted by molar-refractivity contribution is 5.85. The third-order valence-electron chi connectivity index (χ3n) is 5.46. The van der Waals surface area contributed by atoms with Gasteiger partial charge in [0.2, 0.25) is 5.91 Å². The Bertz CT molecular complexity index is 746. The van der Waals surface area contributed by atoms with Crippen molar-refractivity contribution in [3.8, 4) is 5.75 Å². The minimum absolute atomic E-state index is 0. The third kappa shape index (κ3) is 6.20. The maximum Gasteiger partial charge on any atom is 0.237 e. The predicted octanol–water partition coefficient (Wildman–Crippen LogP) is 3.24. The monoisotopic (exact) mass is 418 g/mol. The minimum Gasteiger partial charge on any atom is -0.494 e. The van der Waals surface area contributed by atoms with E-state index in [-0.39, 0.29) is 23.7 Å². The molecule has 1 atom stereocenters. The standard InChI is InChI=1S/C23H30N2O3.ClH/c1-2-28-20-10-8-19(9-11-20)23(12-14-27-15-13-23)17-25-22(26)21(24)16-18-6-4-3-5-7-18;/h3-11,21H,2,12-17,24H2,1H3,(H,25,26);1H/t21-;/m0./s1. The van der Waals surface area contributed by atoms with E-state index in [9.17, 15) is 4.79 Å². The summed E-state index contributed by atoms with van der Waals surface area (Å²) in [7, 11) is 0. The summed E-state index contributed by atoms with van der Waals surface area (Å²) in [6.45, 7) is 4.57. The number of benzene rings is 2. The van der Waals surface area contributed by atoms with Crippen LogP contribution in [0.3, 0.4) is 0 Å². The highest BCUT2D eigenvalue weighted by atomic mass is 35.5. The van der Waals surface area contributed by atoms with Gasteiger partial charge in [-0.1, -0.05) is 42.5 Å². The van der Waals surface area contributed by atoms with Crippen molar-refractivity contribution in [3.05, 3.63) is 65.7 Å². The molecule has 158 valence electrons. The predicted molar refractivity (Wildman–Crippen MR) is 118 cm³/mol. The summed E-state index contributed by atoms with van der Waals surface area (Å²) in [4.78, 5) is 12.6. The smallest absolute Gasteiger partial charge is 0.237 e. The zero-order chi connectivity index (χ0) is 19.8. The van der Waals surface area contributed by atoms with E-state index < -0.39 is 6.04 Å². The lowest BCUT2D eigenvalue weighted by molar-refractivity contribution is -0.122. The van der Waals surface area contributed by atoms with Gasteiger partial charge in [0.1, 0.15) is 5.75 Å². The Hall–Kier alpha value is -2.08. The molecule has 29 heavy (non-hydrogen) atoms. The molecule has 3 N–H and O–H groups in total. The summed E-state index contributed by atoms with van der Waals surface area (Å²) >= 11 is 0. The van der Waals surface area contributed by atoms with Gasteiger partial charge in [0.05, 0.1) is 12.6 Å². The Balaban J connectivity index is 0.00000300. The van der Waals surface area contributed by atoms with Gasteiger partial charge < -0.3 is 20.5 Å². The maximum atomic E-state index is 12.6. The SMILES string of the molecule is CCOc1ccc(C2(CNC(=O)[C@@H](N)Cc3ccccc3)CCOCC2)cc1.Cl. The van der Waals surface area contributed by atoms with Crippen molar-refractivity contribution in [2.75, 3.05) is 26.4 Å². The zero-order valence-electron chi connectivity index (χ0n) is 16.9. The van der Waals surface area contributed by atoms with Crippen molar-refractivity contribution in [1.82, 2.24) is 5.32 Å². The van der Waals surface area contributed by atoms with Gasteiger partial charge >= 0.3 is 0 Å². The molecule has 2 aromatic carbocycles. The fraction of sp³-hybridized carbons (Fsp3) is 0.435. The van der Waals surface area contributed by atoms with Crippen molar-refractivity contribution in [2.24, 2.45) is 5.73 Å². The van der Waals surface area contributed by atoms with E-state index in [0.717, 1.165) is 24.2 Å². The van der Waals surface area contributed by atoms with Gasteiger partial charge in [-0.15, -0.1) is 12.4 Å². The topological polar surface area (TPSA) is 73.6 Å². The molecule has 1 fully saturated rings. The number of amides is 1. The molecule has 1 aliphatic rings. The van der Waals surface area contributed by atoms with Crippen molar-refractivity contribution < 1.29 is 14.3 Å². The molecular formula is C23H31ClN2O3. The first-order valence-corrected chi connectivity index (χ1v) is 10.0. The van der Waals surface area contributed by atoms with E-state index in [2.05, 4.69) is 17.4 Å². The van der Waals surface area contributed by atoms with E-state index in [1.165, 1.54) is 5.56 Å². The van der Waals surface area contributed by atoms with Gasteiger partial charge in [0, 0.05) is 25.2 Å². The van der Waals surface area contributed by atoms with Gasteiger partial charge in [-0.2, -0.15) is 0 Å². The summed E-state index contributed by atoms with van der Waals surface area (Å²) in [5, 5.41) is 3.10. The molecular weight excluding hydrogens is 388 g/mol. The fourth-order valence-corrected chi connectivity index (χ4v) is 3.75. The van der Waals surface area contributed by atoms with Crippen LogP contribution in [0, 0.1) is 0 Å². The number of hydrogen-bond acceptors (Lipinski definition) is 4. The normalized spacial score (nSPS) is 16.3. The van der Waals surface area contributed by atoms with Crippen LogP contribution in [0.2, 0.25) is 0 Å². The minimum atomic E-state index is -0.556. The largest absolute Gasteiger partial charge is 0.494 e. The molecule has 0 spiro atoms. The fourth-order valence-electron chi connectivity index (χ4n) is 3.75. The number of ether oxygens (including phenoxy) is 2. The molecule has 1 aliphatic heterocycles. The number of hydrogen-bond donors (Lipinski definition) is 2. The van der Waals surface area contributed by atoms with Crippen LogP contribution in [0.5, 0.6) is 5.75 Å². The van der Waals surface area contributed by atoms with E-state index in [0.29, 0.717) is 32.8 Å². The van der Waals surface area contributed by atoms with Crippen LogP contribution < -0.4 is 15.8 Å². The Kier molecular flexibility index (Phi) is 8.96. The van der Waals surface area contributed by atoms with Crippen molar-refractivity contribution in [1.29, 1.82) is 0 Å².